The van der Waals surface area contributed by atoms with Gasteiger partial charge in [0.15, 0.2) is 0 Å². The van der Waals surface area contributed by atoms with Crippen LogP contribution in [0, 0.1) is 5.82 Å². The van der Waals surface area contributed by atoms with Gasteiger partial charge in [-0.25, -0.2) is 19.6 Å². The van der Waals surface area contributed by atoms with Crippen molar-refractivity contribution in [1.82, 2.24) is 15.4 Å². The predicted octanol–water partition coefficient (Wildman–Crippen LogP) is 3.23. The first kappa shape index (κ1) is 23.9. The summed E-state index contributed by atoms with van der Waals surface area (Å²) in [7, 11) is 0. The van der Waals surface area contributed by atoms with Crippen LogP contribution in [-0.4, -0.2) is 41.1 Å². The zero-order valence-corrected chi connectivity index (χ0v) is 18.4. The first-order valence-electron chi connectivity index (χ1n) is 9.83. The lowest BCUT2D eigenvalue weighted by atomic mass is 10.1. The first-order chi connectivity index (χ1) is 15.8. The Labute approximate surface area is 193 Å². The van der Waals surface area contributed by atoms with Crippen molar-refractivity contribution in [2.24, 2.45) is 5.73 Å². The van der Waals surface area contributed by atoms with Crippen LogP contribution in [0.1, 0.15) is 22.8 Å². The van der Waals surface area contributed by atoms with Crippen LogP contribution in [0.2, 0.25) is 5.02 Å². The smallest absolute Gasteiger partial charge is 0.412 e. The van der Waals surface area contributed by atoms with Gasteiger partial charge in [-0.2, -0.15) is 0 Å². The average Bonchev–Trinajstić information content (AvgIpc) is 2.77. The van der Waals surface area contributed by atoms with Crippen LogP contribution in [0.15, 0.2) is 48.7 Å². The molecule has 9 nitrogen and oxygen atoms in total. The SMILES string of the molecule is CC(=O)N(CCOC(=O)Nc1cc2c(C(N)=O)cccc2cn1)NCc1cccc(F)c1Cl. The van der Waals surface area contributed by atoms with E-state index in [-0.39, 0.29) is 36.4 Å². The van der Waals surface area contributed by atoms with Gasteiger partial charge in [0.1, 0.15) is 18.2 Å². The Morgan fingerprint density at radius 3 is 2.70 bits per heavy atom. The zero-order valence-electron chi connectivity index (χ0n) is 17.6. The number of amides is 3. The van der Waals surface area contributed by atoms with Crippen molar-refractivity contribution in [1.29, 1.82) is 0 Å². The van der Waals surface area contributed by atoms with E-state index in [9.17, 15) is 18.8 Å². The van der Waals surface area contributed by atoms with Gasteiger partial charge < -0.3 is 10.5 Å². The number of primary amides is 1. The van der Waals surface area contributed by atoms with E-state index in [0.29, 0.717) is 21.9 Å². The Hall–Kier alpha value is -3.76. The van der Waals surface area contributed by atoms with Gasteiger partial charge in [-0.15, -0.1) is 0 Å². The minimum absolute atomic E-state index is 0.0344. The molecule has 3 rings (SSSR count). The third-order valence-electron chi connectivity index (χ3n) is 4.68. The van der Waals surface area contributed by atoms with Crippen LogP contribution in [0.5, 0.6) is 0 Å². The number of fused-ring (bicyclic) bond motifs is 1. The second-order valence-electron chi connectivity index (χ2n) is 6.94. The topological polar surface area (TPSA) is 127 Å². The van der Waals surface area contributed by atoms with E-state index in [1.807, 2.05) is 0 Å². The third kappa shape index (κ3) is 6.15. The summed E-state index contributed by atoms with van der Waals surface area (Å²) >= 11 is 5.91. The minimum atomic E-state index is -0.796. The highest BCUT2D eigenvalue weighted by Crippen LogP contribution is 2.21. The summed E-state index contributed by atoms with van der Waals surface area (Å²) < 4.78 is 18.7. The van der Waals surface area contributed by atoms with Gasteiger partial charge in [-0.05, 0) is 29.1 Å². The second kappa shape index (κ2) is 10.7. The van der Waals surface area contributed by atoms with Crippen molar-refractivity contribution in [3.05, 3.63) is 70.6 Å². The Balaban J connectivity index is 1.55. The fraction of sp³-hybridized carbons (Fsp3) is 0.182. The number of rotatable bonds is 8. The number of nitrogens with two attached hydrogens (primary N) is 1. The van der Waals surface area contributed by atoms with E-state index >= 15 is 0 Å². The molecule has 0 fully saturated rings. The molecule has 1 aromatic heterocycles. The van der Waals surface area contributed by atoms with Gasteiger partial charge in [-0.3, -0.25) is 19.9 Å². The fourth-order valence-electron chi connectivity index (χ4n) is 3.04. The molecule has 0 bridgehead atoms. The van der Waals surface area contributed by atoms with Crippen LogP contribution in [-0.2, 0) is 16.1 Å². The molecule has 0 saturated heterocycles. The number of hydrogen-bond donors (Lipinski definition) is 3. The second-order valence-corrected chi connectivity index (χ2v) is 7.32. The summed E-state index contributed by atoms with van der Waals surface area (Å²) in [6, 6.07) is 10.9. The van der Waals surface area contributed by atoms with E-state index < -0.39 is 17.8 Å². The monoisotopic (exact) mass is 473 g/mol. The molecule has 172 valence electrons. The lowest BCUT2D eigenvalue weighted by Gasteiger charge is -2.22. The Morgan fingerprint density at radius 2 is 1.97 bits per heavy atom. The van der Waals surface area contributed by atoms with Gasteiger partial charge in [0, 0.05) is 30.6 Å². The number of benzene rings is 2. The van der Waals surface area contributed by atoms with Crippen molar-refractivity contribution < 1.29 is 23.5 Å². The maximum absolute atomic E-state index is 13.5. The number of pyridine rings is 1. The molecular weight excluding hydrogens is 453 g/mol. The largest absolute Gasteiger partial charge is 0.447 e. The van der Waals surface area contributed by atoms with Crippen LogP contribution in [0.3, 0.4) is 0 Å². The number of hydrazine groups is 1. The Kier molecular flexibility index (Phi) is 7.75. The number of hydrogen-bond acceptors (Lipinski definition) is 6. The highest BCUT2D eigenvalue weighted by atomic mass is 35.5. The summed E-state index contributed by atoms with van der Waals surface area (Å²) in [5.41, 5.74) is 8.99. The standard InChI is InChI=1S/C22H21ClFN5O4/c1-13(30)29(27-12-15-5-3-7-18(24)20(15)23)8-9-33-22(32)28-19-10-17-14(11-26-19)4-2-6-16(17)21(25)31/h2-7,10-11,27H,8-9,12H2,1H3,(H2,25,31)(H,26,28,32). The lowest BCUT2D eigenvalue weighted by molar-refractivity contribution is -0.132. The minimum Gasteiger partial charge on any atom is -0.447 e. The molecule has 0 radical (unpaired) electrons. The molecule has 0 saturated carbocycles. The molecule has 3 aromatic rings. The number of anilines is 1. The molecule has 1 heterocycles. The molecule has 11 heteroatoms. The first-order valence-corrected chi connectivity index (χ1v) is 10.2. The summed E-state index contributed by atoms with van der Waals surface area (Å²) in [4.78, 5) is 39.7. The van der Waals surface area contributed by atoms with E-state index in [1.54, 1.807) is 24.3 Å². The van der Waals surface area contributed by atoms with Crippen LogP contribution in [0.25, 0.3) is 10.8 Å². The van der Waals surface area contributed by atoms with Crippen LogP contribution >= 0.6 is 11.6 Å². The number of nitrogens with one attached hydrogen (secondary N) is 2. The highest BCUT2D eigenvalue weighted by Gasteiger charge is 2.13. The molecule has 0 aliphatic carbocycles. The summed E-state index contributed by atoms with van der Waals surface area (Å²) in [5, 5.41) is 4.88. The molecule has 33 heavy (non-hydrogen) atoms. The number of halogens is 2. The maximum Gasteiger partial charge on any atom is 0.412 e. The number of nitrogens with zero attached hydrogens (tertiary/aromatic N) is 2. The van der Waals surface area contributed by atoms with Crippen molar-refractivity contribution >= 4 is 46.1 Å². The number of ether oxygens (including phenoxy) is 1. The normalized spacial score (nSPS) is 10.6. The van der Waals surface area contributed by atoms with Gasteiger partial charge in [0.2, 0.25) is 11.8 Å². The number of carbonyl (C=O) groups excluding carboxylic acids is 3. The molecular formula is C22H21ClFN5O4. The molecule has 0 atom stereocenters. The molecule has 3 amide bonds. The van der Waals surface area contributed by atoms with Crippen LogP contribution in [0.4, 0.5) is 15.0 Å². The van der Waals surface area contributed by atoms with Crippen molar-refractivity contribution in [2.75, 3.05) is 18.5 Å². The Morgan fingerprint density at radius 1 is 1.21 bits per heavy atom. The van der Waals surface area contributed by atoms with Gasteiger partial charge >= 0.3 is 6.09 Å². The third-order valence-corrected chi connectivity index (χ3v) is 5.10. The van der Waals surface area contributed by atoms with Gasteiger partial charge in [-0.1, -0.05) is 35.9 Å². The van der Waals surface area contributed by atoms with Gasteiger partial charge in [0.25, 0.3) is 0 Å². The average molecular weight is 474 g/mol. The van der Waals surface area contributed by atoms with E-state index in [2.05, 4.69) is 15.7 Å². The molecule has 0 aliphatic rings. The summed E-state index contributed by atoms with van der Waals surface area (Å²) in [6.45, 7) is 1.34. The molecule has 2 aromatic carbocycles. The fourth-order valence-corrected chi connectivity index (χ4v) is 3.23. The lowest BCUT2D eigenvalue weighted by Crippen LogP contribution is -2.43. The van der Waals surface area contributed by atoms with Crippen molar-refractivity contribution in [2.45, 2.75) is 13.5 Å². The molecule has 0 spiro atoms. The molecule has 4 N–H and O–H groups in total. The van der Waals surface area contributed by atoms with Crippen molar-refractivity contribution in [3.8, 4) is 0 Å². The molecule has 0 aliphatic heterocycles. The highest BCUT2D eigenvalue weighted by molar-refractivity contribution is 6.31. The summed E-state index contributed by atoms with van der Waals surface area (Å²) in [5.74, 6) is -1.32. The van der Waals surface area contributed by atoms with Gasteiger partial charge in [0.05, 0.1) is 11.6 Å². The van der Waals surface area contributed by atoms with Crippen LogP contribution < -0.4 is 16.5 Å². The number of carbonyl (C=O) groups is 3. The van der Waals surface area contributed by atoms with Crippen molar-refractivity contribution in [3.63, 3.8) is 0 Å². The zero-order chi connectivity index (χ0) is 24.0. The number of aromatic nitrogens is 1. The van der Waals surface area contributed by atoms with E-state index in [1.165, 1.54) is 36.3 Å². The van der Waals surface area contributed by atoms with E-state index in [4.69, 9.17) is 22.1 Å². The van der Waals surface area contributed by atoms with E-state index in [0.717, 1.165) is 0 Å². The quantitative estimate of drug-likeness (QED) is 0.431. The summed E-state index contributed by atoms with van der Waals surface area (Å²) in [6.07, 6.45) is 0.700. The Bertz CT molecular complexity index is 1210. The molecule has 0 unspecified atom stereocenters. The predicted molar refractivity (Wildman–Crippen MR) is 121 cm³/mol. The maximum atomic E-state index is 13.5.